The molecule has 2 aliphatic rings. The topological polar surface area (TPSA) is 76.0 Å². The van der Waals surface area contributed by atoms with E-state index in [9.17, 15) is 8.42 Å². The quantitative estimate of drug-likeness (QED) is 0.848. The fraction of sp³-hybridized carbons (Fsp3) is 0.750. The normalized spacial score (nSPS) is 22.3. The minimum atomic E-state index is -3.42. The number of aromatic nitrogens is 2. The largest absolute Gasteiger partial charge is 0.318 e. The second-order valence-electron chi connectivity index (χ2n) is 5.33. The highest BCUT2D eigenvalue weighted by Crippen LogP contribution is 2.20. The highest BCUT2D eigenvalue weighted by molar-refractivity contribution is 7.89. The number of fused-ring (bicyclic) bond motifs is 1. The Morgan fingerprint density at radius 3 is 3.05 bits per heavy atom. The molecule has 1 atom stereocenters. The lowest BCUT2D eigenvalue weighted by Crippen LogP contribution is -2.38. The van der Waals surface area contributed by atoms with Crippen molar-refractivity contribution in [3.63, 3.8) is 0 Å². The van der Waals surface area contributed by atoms with Gasteiger partial charge in [-0.2, -0.15) is 0 Å². The molecule has 0 spiro atoms. The molecule has 0 aromatic carbocycles. The van der Waals surface area contributed by atoms with Gasteiger partial charge in [0.2, 0.25) is 0 Å². The number of rotatable bonds is 4. The molecule has 2 aliphatic heterocycles. The molecule has 1 fully saturated rings. The van der Waals surface area contributed by atoms with Crippen molar-refractivity contribution in [2.75, 3.05) is 19.6 Å². The summed E-state index contributed by atoms with van der Waals surface area (Å²) in [5, 5.41) is 3.62. The molecule has 2 N–H and O–H groups in total. The Hall–Kier alpha value is -0.630. The Bertz CT molecular complexity index is 552. The van der Waals surface area contributed by atoms with Crippen LogP contribution in [0.4, 0.5) is 0 Å². The first-order valence-electron chi connectivity index (χ1n) is 6.91. The average molecular weight is 321 g/mol. The standard InChI is InChI=1S/C12H20N4O2S.ClH/c17-19(18,15-8-10-3-1-5-13-7-10)12-9-14-11-4-2-6-16(11)12;/h9-10,13,15H,1-8H2;1H. The summed E-state index contributed by atoms with van der Waals surface area (Å²) in [4.78, 5) is 4.19. The van der Waals surface area contributed by atoms with E-state index in [2.05, 4.69) is 15.0 Å². The number of imidazole rings is 1. The maximum atomic E-state index is 12.3. The fourth-order valence-electron chi connectivity index (χ4n) is 2.84. The lowest BCUT2D eigenvalue weighted by atomic mass is 10.0. The van der Waals surface area contributed by atoms with Gasteiger partial charge in [-0.1, -0.05) is 0 Å². The molecule has 1 unspecified atom stereocenters. The zero-order valence-corrected chi connectivity index (χ0v) is 13.0. The Kier molecular flexibility index (Phi) is 5.06. The Morgan fingerprint density at radius 2 is 2.30 bits per heavy atom. The summed E-state index contributed by atoms with van der Waals surface area (Å²) >= 11 is 0. The molecule has 1 aromatic rings. The van der Waals surface area contributed by atoms with Crippen LogP contribution in [0.15, 0.2) is 11.2 Å². The Balaban J connectivity index is 0.00000147. The first-order valence-corrected chi connectivity index (χ1v) is 8.40. The molecule has 0 amide bonds. The minimum Gasteiger partial charge on any atom is -0.318 e. The van der Waals surface area contributed by atoms with E-state index in [1.807, 2.05) is 4.57 Å². The van der Waals surface area contributed by atoms with Gasteiger partial charge in [0.05, 0.1) is 6.20 Å². The molecule has 8 heteroatoms. The van der Waals surface area contributed by atoms with Crippen molar-refractivity contribution in [3.05, 3.63) is 12.0 Å². The predicted molar refractivity (Wildman–Crippen MR) is 78.6 cm³/mol. The monoisotopic (exact) mass is 320 g/mol. The SMILES string of the molecule is Cl.O=S(=O)(NCC1CCCNC1)c1cnc2n1CCC2. The van der Waals surface area contributed by atoms with E-state index in [0.29, 0.717) is 17.5 Å². The third-order valence-electron chi connectivity index (χ3n) is 3.92. The van der Waals surface area contributed by atoms with E-state index in [0.717, 1.165) is 51.1 Å². The van der Waals surface area contributed by atoms with E-state index in [1.54, 1.807) is 0 Å². The molecule has 1 aromatic heterocycles. The predicted octanol–water partition coefficient (Wildman–Crippen LogP) is 0.529. The number of hydrogen-bond donors (Lipinski definition) is 2. The van der Waals surface area contributed by atoms with Crippen molar-refractivity contribution in [3.8, 4) is 0 Å². The molecular weight excluding hydrogens is 300 g/mol. The smallest absolute Gasteiger partial charge is 0.257 e. The number of hydrogen-bond acceptors (Lipinski definition) is 4. The van der Waals surface area contributed by atoms with Gasteiger partial charge in [-0.15, -0.1) is 12.4 Å². The summed E-state index contributed by atoms with van der Waals surface area (Å²) < 4.78 is 29.2. The molecule has 0 aliphatic carbocycles. The fourth-order valence-corrected chi connectivity index (χ4v) is 4.13. The zero-order chi connectivity index (χ0) is 13.3. The molecule has 0 saturated carbocycles. The highest BCUT2D eigenvalue weighted by Gasteiger charge is 2.25. The van der Waals surface area contributed by atoms with Crippen LogP contribution in [0.2, 0.25) is 0 Å². The number of nitrogens with one attached hydrogen (secondary N) is 2. The molecule has 3 heterocycles. The summed E-state index contributed by atoms with van der Waals surface area (Å²) in [6.45, 7) is 3.21. The van der Waals surface area contributed by atoms with Crippen molar-refractivity contribution in [2.45, 2.75) is 37.3 Å². The van der Waals surface area contributed by atoms with Crippen molar-refractivity contribution in [2.24, 2.45) is 5.92 Å². The van der Waals surface area contributed by atoms with E-state index >= 15 is 0 Å². The van der Waals surface area contributed by atoms with Crippen molar-refractivity contribution < 1.29 is 8.42 Å². The van der Waals surface area contributed by atoms with E-state index < -0.39 is 10.0 Å². The van der Waals surface area contributed by atoms with Crippen LogP contribution in [0, 0.1) is 5.92 Å². The second-order valence-corrected chi connectivity index (χ2v) is 7.05. The number of piperidine rings is 1. The third kappa shape index (κ3) is 3.16. The van der Waals surface area contributed by atoms with Gasteiger partial charge in [-0.3, -0.25) is 0 Å². The number of nitrogens with zero attached hydrogens (tertiary/aromatic N) is 2. The molecule has 1 saturated heterocycles. The van der Waals surface area contributed by atoms with Crippen molar-refractivity contribution >= 4 is 22.4 Å². The Labute approximate surface area is 125 Å². The summed E-state index contributed by atoms with van der Waals surface area (Å²) in [6.07, 6.45) is 5.55. The van der Waals surface area contributed by atoms with Crippen LogP contribution in [0.5, 0.6) is 0 Å². The van der Waals surface area contributed by atoms with Gasteiger partial charge >= 0.3 is 0 Å². The van der Waals surface area contributed by atoms with Gasteiger partial charge in [0.15, 0.2) is 5.03 Å². The van der Waals surface area contributed by atoms with Gasteiger partial charge in [0, 0.05) is 19.5 Å². The van der Waals surface area contributed by atoms with Crippen LogP contribution >= 0.6 is 12.4 Å². The molecule has 114 valence electrons. The first kappa shape index (κ1) is 15.8. The van der Waals surface area contributed by atoms with Gasteiger partial charge in [-0.05, 0) is 38.3 Å². The van der Waals surface area contributed by atoms with Crippen LogP contribution in [0.25, 0.3) is 0 Å². The van der Waals surface area contributed by atoms with E-state index in [-0.39, 0.29) is 12.4 Å². The molecule has 6 nitrogen and oxygen atoms in total. The number of halogens is 1. The first-order chi connectivity index (χ1) is 9.17. The lowest BCUT2D eigenvalue weighted by molar-refractivity contribution is 0.375. The van der Waals surface area contributed by atoms with Gasteiger partial charge in [-0.25, -0.2) is 18.1 Å². The highest BCUT2D eigenvalue weighted by atomic mass is 35.5. The number of sulfonamides is 1. The molecule has 0 radical (unpaired) electrons. The van der Waals surface area contributed by atoms with Gasteiger partial charge in [0.1, 0.15) is 5.82 Å². The second kappa shape index (κ2) is 6.43. The van der Waals surface area contributed by atoms with Crippen LogP contribution in [0.1, 0.15) is 25.1 Å². The maximum Gasteiger partial charge on any atom is 0.257 e. The van der Waals surface area contributed by atoms with Crippen LogP contribution in [-0.4, -0.2) is 37.6 Å². The van der Waals surface area contributed by atoms with E-state index in [4.69, 9.17) is 0 Å². The van der Waals surface area contributed by atoms with E-state index in [1.165, 1.54) is 6.20 Å². The number of aryl methyl sites for hydroxylation is 1. The van der Waals surface area contributed by atoms with Crippen LogP contribution < -0.4 is 10.0 Å². The zero-order valence-electron chi connectivity index (χ0n) is 11.3. The van der Waals surface area contributed by atoms with Crippen LogP contribution in [0.3, 0.4) is 0 Å². The van der Waals surface area contributed by atoms with Crippen molar-refractivity contribution in [1.29, 1.82) is 0 Å². The molecular formula is C12H21ClN4O2S. The van der Waals surface area contributed by atoms with Crippen LogP contribution in [-0.2, 0) is 23.0 Å². The molecule has 0 bridgehead atoms. The summed E-state index contributed by atoms with van der Waals surface area (Å²) in [6, 6.07) is 0. The average Bonchev–Trinajstić information content (AvgIpc) is 3.00. The Morgan fingerprint density at radius 1 is 1.45 bits per heavy atom. The summed E-state index contributed by atoms with van der Waals surface area (Å²) in [7, 11) is -3.42. The maximum absolute atomic E-state index is 12.3. The minimum absolute atomic E-state index is 0. The third-order valence-corrected chi connectivity index (χ3v) is 5.34. The molecule has 3 rings (SSSR count). The molecule has 20 heavy (non-hydrogen) atoms. The lowest BCUT2D eigenvalue weighted by Gasteiger charge is -2.22. The van der Waals surface area contributed by atoms with Gasteiger partial charge < -0.3 is 9.88 Å². The summed E-state index contributed by atoms with van der Waals surface area (Å²) in [5.74, 6) is 1.28. The van der Waals surface area contributed by atoms with Gasteiger partial charge in [0.25, 0.3) is 10.0 Å². The van der Waals surface area contributed by atoms with Crippen molar-refractivity contribution in [1.82, 2.24) is 19.6 Å². The summed E-state index contributed by atoms with van der Waals surface area (Å²) in [5.41, 5.74) is 0.